The van der Waals surface area contributed by atoms with Gasteiger partial charge >= 0.3 is 0 Å². The van der Waals surface area contributed by atoms with Gasteiger partial charge in [-0.25, -0.2) is 4.98 Å². The summed E-state index contributed by atoms with van der Waals surface area (Å²) in [5.41, 5.74) is 11.2. The molecule has 0 atom stereocenters. The molecule has 0 spiro atoms. The lowest BCUT2D eigenvalue weighted by molar-refractivity contribution is 0.340. The Morgan fingerprint density at radius 1 is 1.09 bits per heavy atom. The summed E-state index contributed by atoms with van der Waals surface area (Å²) < 4.78 is 7.52. The van der Waals surface area contributed by atoms with Gasteiger partial charge in [-0.15, -0.1) is 0 Å². The lowest BCUT2D eigenvalue weighted by atomic mass is 10.0. The predicted molar refractivity (Wildman–Crippen MR) is 127 cm³/mol. The first-order valence-corrected chi connectivity index (χ1v) is 10.6. The Morgan fingerprint density at radius 2 is 1.97 bits per heavy atom. The van der Waals surface area contributed by atoms with E-state index < -0.39 is 0 Å². The summed E-state index contributed by atoms with van der Waals surface area (Å²) in [7, 11) is 1.93. The smallest absolute Gasteiger partial charge is 0.221 e. The molecule has 0 amide bonds. The summed E-state index contributed by atoms with van der Waals surface area (Å²) >= 11 is 0. The molecule has 0 saturated heterocycles. The number of aryl methyl sites for hydroxylation is 3. The van der Waals surface area contributed by atoms with Crippen LogP contribution in [-0.2, 0) is 19.9 Å². The van der Waals surface area contributed by atoms with Crippen LogP contribution in [0, 0.1) is 0 Å². The monoisotopic (exact) mass is 427 g/mol. The van der Waals surface area contributed by atoms with Gasteiger partial charge in [0.05, 0.1) is 24.0 Å². The summed E-state index contributed by atoms with van der Waals surface area (Å²) in [5, 5.41) is 10.0. The standard InChI is InChI=1S/C24H25N7O/c1-3-32-17-9-10-20-18(11-17)15(12-26-20)7-8-16-13-27-24(25)30-23(16)29-21-5-4-6-22-19(21)14-28-31(22)2/h4-6,9-14,26H,3,7-8H2,1-2H3,(H3,25,27,29,30). The first-order valence-electron chi connectivity index (χ1n) is 10.6. The molecule has 5 rings (SSSR count). The molecule has 0 aliphatic rings. The Balaban J connectivity index is 1.43. The van der Waals surface area contributed by atoms with E-state index in [2.05, 4.69) is 43.7 Å². The Hall–Kier alpha value is -4.07. The molecule has 5 aromatic rings. The quantitative estimate of drug-likeness (QED) is 0.356. The number of hydrogen-bond donors (Lipinski definition) is 3. The van der Waals surface area contributed by atoms with Crippen molar-refractivity contribution in [2.24, 2.45) is 7.05 Å². The number of nitrogens with zero attached hydrogens (tertiary/aromatic N) is 4. The zero-order valence-electron chi connectivity index (χ0n) is 18.1. The van der Waals surface area contributed by atoms with Gasteiger partial charge in [0.25, 0.3) is 0 Å². The second-order valence-corrected chi connectivity index (χ2v) is 7.69. The summed E-state index contributed by atoms with van der Waals surface area (Å²) in [6.45, 7) is 2.64. The first-order chi connectivity index (χ1) is 15.6. The molecule has 3 heterocycles. The molecule has 162 valence electrons. The van der Waals surface area contributed by atoms with Crippen LogP contribution in [-0.4, -0.2) is 31.3 Å². The zero-order valence-corrected chi connectivity index (χ0v) is 18.1. The summed E-state index contributed by atoms with van der Waals surface area (Å²) in [5.74, 6) is 1.83. The van der Waals surface area contributed by atoms with Crippen molar-refractivity contribution in [2.45, 2.75) is 19.8 Å². The van der Waals surface area contributed by atoms with Crippen molar-refractivity contribution in [1.82, 2.24) is 24.7 Å². The number of rotatable bonds is 7. The molecule has 4 N–H and O–H groups in total. The number of hydrogen-bond acceptors (Lipinski definition) is 6. The zero-order chi connectivity index (χ0) is 22.1. The van der Waals surface area contributed by atoms with Crippen molar-refractivity contribution in [3.63, 3.8) is 0 Å². The minimum Gasteiger partial charge on any atom is -0.494 e. The normalized spacial score (nSPS) is 11.3. The largest absolute Gasteiger partial charge is 0.494 e. The Kier molecular flexibility index (Phi) is 5.10. The number of ether oxygens (including phenoxy) is 1. The van der Waals surface area contributed by atoms with Gasteiger partial charge in [-0.05, 0) is 55.7 Å². The van der Waals surface area contributed by atoms with Crippen LogP contribution in [0.2, 0.25) is 0 Å². The van der Waals surface area contributed by atoms with Gasteiger partial charge in [-0.2, -0.15) is 10.1 Å². The molecular weight excluding hydrogens is 402 g/mol. The molecule has 0 fully saturated rings. The average Bonchev–Trinajstić information content (AvgIpc) is 3.37. The number of aromatic amines is 1. The van der Waals surface area contributed by atoms with Gasteiger partial charge < -0.3 is 20.8 Å². The van der Waals surface area contributed by atoms with Crippen LogP contribution in [0.3, 0.4) is 0 Å². The van der Waals surface area contributed by atoms with Crippen LogP contribution >= 0.6 is 0 Å². The van der Waals surface area contributed by atoms with E-state index in [0.29, 0.717) is 12.4 Å². The highest BCUT2D eigenvalue weighted by Gasteiger charge is 2.12. The molecule has 0 aliphatic heterocycles. The van der Waals surface area contributed by atoms with Crippen molar-refractivity contribution < 1.29 is 4.74 Å². The van der Waals surface area contributed by atoms with E-state index in [-0.39, 0.29) is 5.95 Å². The molecule has 0 unspecified atom stereocenters. The van der Waals surface area contributed by atoms with Crippen LogP contribution in [0.15, 0.2) is 55.0 Å². The summed E-state index contributed by atoms with van der Waals surface area (Å²) in [6.07, 6.45) is 7.30. The molecule has 2 aromatic carbocycles. The van der Waals surface area contributed by atoms with Crippen molar-refractivity contribution in [2.75, 3.05) is 17.7 Å². The maximum absolute atomic E-state index is 5.91. The van der Waals surface area contributed by atoms with Crippen LogP contribution in [0.4, 0.5) is 17.5 Å². The highest BCUT2D eigenvalue weighted by Crippen LogP contribution is 2.29. The van der Waals surface area contributed by atoms with E-state index in [4.69, 9.17) is 10.5 Å². The van der Waals surface area contributed by atoms with E-state index in [0.717, 1.165) is 46.3 Å². The molecule has 8 heteroatoms. The van der Waals surface area contributed by atoms with E-state index >= 15 is 0 Å². The number of fused-ring (bicyclic) bond motifs is 2. The molecule has 32 heavy (non-hydrogen) atoms. The van der Waals surface area contributed by atoms with Gasteiger partial charge in [0.15, 0.2) is 0 Å². The number of H-pyrrole nitrogens is 1. The molecule has 3 aromatic heterocycles. The lowest BCUT2D eigenvalue weighted by Crippen LogP contribution is -2.05. The van der Waals surface area contributed by atoms with Crippen LogP contribution in [0.5, 0.6) is 5.75 Å². The van der Waals surface area contributed by atoms with Gasteiger partial charge in [-0.3, -0.25) is 4.68 Å². The fourth-order valence-electron chi connectivity index (χ4n) is 4.02. The van der Waals surface area contributed by atoms with Crippen LogP contribution in [0.1, 0.15) is 18.1 Å². The lowest BCUT2D eigenvalue weighted by Gasteiger charge is -2.12. The molecule has 0 bridgehead atoms. The fourth-order valence-corrected chi connectivity index (χ4v) is 4.02. The minimum atomic E-state index is 0.239. The SMILES string of the molecule is CCOc1ccc2[nH]cc(CCc3cnc(N)nc3Nc3cccc4c3cnn4C)c2c1. The molecule has 0 aliphatic carbocycles. The first kappa shape index (κ1) is 19.9. The van der Waals surface area contributed by atoms with E-state index in [1.54, 1.807) is 6.20 Å². The number of anilines is 3. The highest BCUT2D eigenvalue weighted by molar-refractivity contribution is 5.93. The number of nitrogen functional groups attached to an aromatic ring is 1. The third-order valence-electron chi connectivity index (χ3n) is 5.64. The summed E-state index contributed by atoms with van der Waals surface area (Å²) in [4.78, 5) is 12.1. The van der Waals surface area contributed by atoms with Gasteiger partial charge in [0, 0.05) is 41.3 Å². The van der Waals surface area contributed by atoms with Crippen LogP contribution < -0.4 is 15.8 Å². The fraction of sp³-hybridized carbons (Fsp3) is 0.208. The number of nitrogens with one attached hydrogen (secondary N) is 2. The molecule has 0 radical (unpaired) electrons. The third-order valence-corrected chi connectivity index (χ3v) is 5.64. The average molecular weight is 428 g/mol. The topological polar surface area (TPSA) is 107 Å². The van der Waals surface area contributed by atoms with Gasteiger partial charge in [0.1, 0.15) is 11.6 Å². The summed E-state index contributed by atoms with van der Waals surface area (Å²) in [6, 6.07) is 12.2. The molecule has 0 saturated carbocycles. The Labute approximate surface area is 185 Å². The van der Waals surface area contributed by atoms with Crippen molar-refractivity contribution in [1.29, 1.82) is 0 Å². The van der Waals surface area contributed by atoms with E-state index in [1.807, 2.05) is 49.1 Å². The number of nitrogens with two attached hydrogens (primary N) is 1. The second kappa shape index (κ2) is 8.22. The second-order valence-electron chi connectivity index (χ2n) is 7.69. The van der Waals surface area contributed by atoms with Gasteiger partial charge in [-0.1, -0.05) is 6.07 Å². The van der Waals surface area contributed by atoms with Gasteiger partial charge in [0.2, 0.25) is 5.95 Å². The molecule has 8 nitrogen and oxygen atoms in total. The third kappa shape index (κ3) is 3.71. The Bertz CT molecular complexity index is 1400. The maximum atomic E-state index is 5.91. The van der Waals surface area contributed by atoms with E-state index in [9.17, 15) is 0 Å². The number of aromatic nitrogens is 5. The van der Waals surface area contributed by atoms with Crippen molar-refractivity contribution in [3.05, 3.63) is 66.1 Å². The molecular formula is C24H25N7O. The Morgan fingerprint density at radius 3 is 2.84 bits per heavy atom. The minimum absolute atomic E-state index is 0.239. The van der Waals surface area contributed by atoms with Crippen molar-refractivity contribution >= 4 is 39.3 Å². The van der Waals surface area contributed by atoms with E-state index in [1.165, 1.54) is 10.9 Å². The maximum Gasteiger partial charge on any atom is 0.221 e. The highest BCUT2D eigenvalue weighted by atomic mass is 16.5. The van der Waals surface area contributed by atoms with Crippen molar-refractivity contribution in [3.8, 4) is 5.75 Å². The number of benzene rings is 2. The van der Waals surface area contributed by atoms with Crippen LogP contribution in [0.25, 0.3) is 21.8 Å². The predicted octanol–water partition coefficient (Wildman–Crippen LogP) is 4.35.